The molecule has 2 N–H and O–H groups in total. The van der Waals surface area contributed by atoms with Gasteiger partial charge in [-0.15, -0.1) is 11.3 Å². The van der Waals surface area contributed by atoms with Gasteiger partial charge in [-0.3, -0.25) is 9.59 Å². The van der Waals surface area contributed by atoms with Crippen molar-refractivity contribution in [3.8, 4) is 0 Å². The smallest absolute Gasteiger partial charge is 0.338 e. The Kier molecular flexibility index (Phi) is 7.50. The minimum Gasteiger partial charge on any atom is -0.452 e. The van der Waals surface area contributed by atoms with Gasteiger partial charge in [0.2, 0.25) is 0 Å². The minimum absolute atomic E-state index is 0.106. The van der Waals surface area contributed by atoms with E-state index in [-0.39, 0.29) is 30.0 Å². The fourth-order valence-corrected chi connectivity index (χ4v) is 4.37. The molecule has 1 heterocycles. The Morgan fingerprint density at radius 1 is 1.20 bits per heavy atom. The number of nitrogens with one attached hydrogen (secondary N) is 2. The van der Waals surface area contributed by atoms with Crippen molar-refractivity contribution in [1.82, 2.24) is 5.32 Å². The number of halogens is 1. The average Bonchev–Trinajstić information content (AvgIpc) is 3.26. The van der Waals surface area contributed by atoms with E-state index >= 15 is 0 Å². The van der Waals surface area contributed by atoms with Gasteiger partial charge in [-0.25, -0.2) is 4.79 Å². The summed E-state index contributed by atoms with van der Waals surface area (Å²) in [5, 5.41) is 7.76. The summed E-state index contributed by atoms with van der Waals surface area (Å²) in [5.41, 5.74) is 0.507. The van der Waals surface area contributed by atoms with Crippen molar-refractivity contribution in [3.63, 3.8) is 0 Å². The van der Waals surface area contributed by atoms with E-state index in [1.54, 1.807) is 17.5 Å². The van der Waals surface area contributed by atoms with Crippen LogP contribution in [0.4, 0.5) is 5.69 Å². The number of hydrogen-bond acceptors (Lipinski definition) is 5. The largest absolute Gasteiger partial charge is 0.452 e. The van der Waals surface area contributed by atoms with Crippen LogP contribution in [-0.2, 0) is 9.53 Å². The Morgan fingerprint density at radius 3 is 2.73 bits per heavy atom. The topological polar surface area (TPSA) is 84.5 Å². The number of ether oxygens (including phenoxy) is 1. The van der Waals surface area contributed by atoms with Crippen LogP contribution in [0.2, 0.25) is 5.02 Å². The molecule has 6 nitrogen and oxygen atoms in total. The molecule has 1 aliphatic rings. The number of carbonyl (C=O) groups is 3. The first-order valence-electron chi connectivity index (χ1n) is 9.96. The zero-order valence-corrected chi connectivity index (χ0v) is 18.5. The zero-order chi connectivity index (χ0) is 21.7. The van der Waals surface area contributed by atoms with Crippen molar-refractivity contribution in [2.24, 2.45) is 11.8 Å². The number of amides is 2. The van der Waals surface area contributed by atoms with Gasteiger partial charge in [0.15, 0.2) is 6.61 Å². The van der Waals surface area contributed by atoms with Crippen molar-refractivity contribution < 1.29 is 19.1 Å². The summed E-state index contributed by atoms with van der Waals surface area (Å²) in [4.78, 5) is 37.4. The maximum atomic E-state index is 12.4. The molecule has 30 heavy (non-hydrogen) atoms. The van der Waals surface area contributed by atoms with E-state index in [1.807, 2.05) is 0 Å². The van der Waals surface area contributed by atoms with Crippen LogP contribution in [0.25, 0.3) is 0 Å². The highest BCUT2D eigenvalue weighted by atomic mass is 35.5. The number of anilines is 1. The lowest BCUT2D eigenvalue weighted by molar-refractivity contribution is -0.125. The van der Waals surface area contributed by atoms with E-state index in [9.17, 15) is 14.4 Å². The van der Waals surface area contributed by atoms with Crippen LogP contribution in [0, 0.1) is 11.8 Å². The Labute approximate surface area is 185 Å². The van der Waals surface area contributed by atoms with Gasteiger partial charge < -0.3 is 15.4 Å². The Bertz CT molecular complexity index is 916. The van der Waals surface area contributed by atoms with Crippen LogP contribution in [0.5, 0.6) is 0 Å². The molecule has 0 aliphatic heterocycles. The van der Waals surface area contributed by atoms with Crippen molar-refractivity contribution in [1.29, 1.82) is 0 Å². The lowest BCUT2D eigenvalue weighted by atomic mass is 9.78. The van der Waals surface area contributed by atoms with E-state index in [2.05, 4.69) is 24.5 Å². The predicted molar refractivity (Wildman–Crippen MR) is 118 cm³/mol. The first kappa shape index (κ1) is 22.3. The molecule has 1 saturated carbocycles. The standard InChI is InChI=1S/C22H25ClN2O4S/c1-13-5-3-6-17(14(13)2)24-20(26)12-29-22(28)15-8-9-16(23)18(11-15)25-21(27)19-7-4-10-30-19/h4,7-11,13-14,17H,3,5-6,12H2,1-2H3,(H,24,26)(H,25,27)/t13-,14+,17-/m1/s1. The van der Waals surface area contributed by atoms with E-state index in [0.717, 1.165) is 12.8 Å². The van der Waals surface area contributed by atoms with Gasteiger partial charge in [-0.05, 0) is 47.9 Å². The third kappa shape index (κ3) is 5.61. The molecule has 2 amide bonds. The van der Waals surface area contributed by atoms with Gasteiger partial charge in [0.1, 0.15) is 0 Å². The molecule has 0 saturated heterocycles. The second-order valence-corrected chi connectivity index (χ2v) is 9.00. The van der Waals surface area contributed by atoms with Crippen molar-refractivity contribution >= 4 is 46.4 Å². The molecule has 0 spiro atoms. The molecule has 3 rings (SSSR count). The number of hydrogen-bond donors (Lipinski definition) is 2. The van der Waals surface area contributed by atoms with Gasteiger partial charge in [0.05, 0.1) is 21.2 Å². The molecule has 0 unspecified atom stereocenters. The van der Waals surface area contributed by atoms with E-state index in [1.165, 1.54) is 36.0 Å². The fourth-order valence-electron chi connectivity index (χ4n) is 3.59. The average molecular weight is 449 g/mol. The summed E-state index contributed by atoms with van der Waals surface area (Å²) in [6.45, 7) is 3.98. The van der Waals surface area contributed by atoms with Crippen LogP contribution in [0.3, 0.4) is 0 Å². The second kappa shape index (κ2) is 10.1. The molecule has 1 fully saturated rings. The Balaban J connectivity index is 1.56. The van der Waals surface area contributed by atoms with E-state index < -0.39 is 5.97 Å². The number of esters is 1. The van der Waals surface area contributed by atoms with E-state index in [0.29, 0.717) is 27.4 Å². The lowest BCUT2D eigenvalue weighted by Gasteiger charge is -2.34. The quantitative estimate of drug-likeness (QED) is 0.624. The van der Waals surface area contributed by atoms with Crippen molar-refractivity contribution in [3.05, 3.63) is 51.2 Å². The number of rotatable bonds is 6. The van der Waals surface area contributed by atoms with Gasteiger partial charge in [-0.2, -0.15) is 0 Å². The van der Waals surface area contributed by atoms with Crippen LogP contribution >= 0.6 is 22.9 Å². The third-order valence-electron chi connectivity index (χ3n) is 5.58. The molecule has 1 aliphatic carbocycles. The Morgan fingerprint density at radius 2 is 2.00 bits per heavy atom. The molecule has 3 atom stereocenters. The van der Waals surface area contributed by atoms with Gasteiger partial charge in [0, 0.05) is 6.04 Å². The molecular formula is C22H25ClN2O4S. The lowest BCUT2D eigenvalue weighted by Crippen LogP contribution is -2.45. The highest BCUT2D eigenvalue weighted by Crippen LogP contribution is 2.29. The molecule has 2 aromatic rings. The van der Waals surface area contributed by atoms with Crippen molar-refractivity contribution in [2.45, 2.75) is 39.2 Å². The van der Waals surface area contributed by atoms with Gasteiger partial charge in [-0.1, -0.05) is 44.4 Å². The molecule has 0 radical (unpaired) electrons. The summed E-state index contributed by atoms with van der Waals surface area (Å²) in [7, 11) is 0. The zero-order valence-electron chi connectivity index (χ0n) is 16.9. The van der Waals surface area contributed by atoms with Gasteiger partial charge in [0.25, 0.3) is 11.8 Å². The number of benzene rings is 1. The van der Waals surface area contributed by atoms with Crippen LogP contribution < -0.4 is 10.6 Å². The normalized spacial score (nSPS) is 21.0. The predicted octanol–water partition coefficient (Wildman–Crippen LogP) is 4.75. The molecule has 1 aromatic heterocycles. The summed E-state index contributed by atoms with van der Waals surface area (Å²) >= 11 is 7.44. The number of thiophene rings is 1. The van der Waals surface area contributed by atoms with Crippen LogP contribution in [0.1, 0.15) is 53.1 Å². The summed E-state index contributed by atoms with van der Waals surface area (Å²) < 4.78 is 5.16. The summed E-state index contributed by atoms with van der Waals surface area (Å²) in [5.74, 6) is -0.326. The first-order chi connectivity index (χ1) is 14.3. The molecule has 8 heteroatoms. The maximum absolute atomic E-state index is 12.4. The number of carbonyl (C=O) groups excluding carboxylic acids is 3. The molecule has 0 bridgehead atoms. The van der Waals surface area contributed by atoms with Crippen molar-refractivity contribution in [2.75, 3.05) is 11.9 Å². The Hall–Kier alpha value is -2.38. The summed E-state index contributed by atoms with van der Waals surface area (Å²) in [6.07, 6.45) is 3.20. The highest BCUT2D eigenvalue weighted by Gasteiger charge is 2.28. The maximum Gasteiger partial charge on any atom is 0.338 e. The van der Waals surface area contributed by atoms with Crippen LogP contribution in [0.15, 0.2) is 35.7 Å². The molecular weight excluding hydrogens is 424 g/mol. The summed E-state index contributed by atoms with van der Waals surface area (Å²) in [6, 6.07) is 8.02. The molecule has 1 aromatic carbocycles. The third-order valence-corrected chi connectivity index (χ3v) is 6.78. The molecule has 160 valence electrons. The second-order valence-electron chi connectivity index (χ2n) is 7.64. The fraction of sp³-hybridized carbons (Fsp3) is 0.409. The SMILES string of the molecule is C[C@H]1[C@H](C)CCC[C@H]1NC(=O)COC(=O)c1ccc(Cl)c(NC(=O)c2cccs2)c1. The van der Waals surface area contributed by atoms with E-state index in [4.69, 9.17) is 16.3 Å². The minimum atomic E-state index is -0.654. The van der Waals surface area contributed by atoms with Gasteiger partial charge >= 0.3 is 5.97 Å². The first-order valence-corrected chi connectivity index (χ1v) is 11.2. The van der Waals surface area contributed by atoms with Crippen LogP contribution in [-0.4, -0.2) is 30.4 Å². The monoisotopic (exact) mass is 448 g/mol. The highest BCUT2D eigenvalue weighted by molar-refractivity contribution is 7.12.